The SMILES string of the molecule is Nc1ccc(CC2CN3CCCN(CC(=O)O)CCN(CCCN(COC=O)CC3)C2)cc1. The molecular weight excluding hydrogens is 422 g/mol. The van der Waals surface area contributed by atoms with Crippen molar-refractivity contribution in [2.24, 2.45) is 5.92 Å². The maximum atomic E-state index is 11.4. The zero-order chi connectivity index (χ0) is 23.5. The molecule has 0 saturated carbocycles. The lowest BCUT2D eigenvalue weighted by atomic mass is 9.97. The molecule has 0 radical (unpaired) electrons. The van der Waals surface area contributed by atoms with Crippen molar-refractivity contribution < 1.29 is 19.4 Å². The summed E-state index contributed by atoms with van der Waals surface area (Å²) in [6.07, 6.45) is 2.91. The van der Waals surface area contributed by atoms with Crippen molar-refractivity contribution in [3.8, 4) is 0 Å². The number of nitrogens with two attached hydrogens (primary N) is 1. The number of carbonyl (C=O) groups is 2. The minimum atomic E-state index is -0.763. The average molecular weight is 462 g/mol. The molecule has 1 aromatic carbocycles. The van der Waals surface area contributed by atoms with Crippen LogP contribution in [0.2, 0.25) is 0 Å². The summed E-state index contributed by atoms with van der Waals surface area (Å²) in [5.41, 5.74) is 7.97. The van der Waals surface area contributed by atoms with Gasteiger partial charge in [-0.3, -0.25) is 19.4 Å². The number of fused-ring (bicyclic) bond motifs is 4. The molecule has 3 rings (SSSR count). The maximum absolute atomic E-state index is 11.4. The third-order valence-corrected chi connectivity index (χ3v) is 6.58. The summed E-state index contributed by atoms with van der Waals surface area (Å²) >= 11 is 0. The summed E-state index contributed by atoms with van der Waals surface area (Å²) in [6, 6.07) is 8.19. The molecule has 33 heavy (non-hydrogen) atoms. The average Bonchev–Trinajstić information content (AvgIpc) is 2.84. The third kappa shape index (κ3) is 9.29. The zero-order valence-corrected chi connectivity index (χ0v) is 19.6. The summed E-state index contributed by atoms with van der Waals surface area (Å²) in [6.45, 7) is 9.82. The van der Waals surface area contributed by atoms with Gasteiger partial charge in [-0.15, -0.1) is 0 Å². The molecule has 2 heterocycles. The number of hydrogen-bond acceptors (Lipinski definition) is 8. The Bertz CT molecular complexity index is 732. The molecule has 2 aliphatic heterocycles. The van der Waals surface area contributed by atoms with E-state index in [9.17, 15) is 14.7 Å². The first kappa shape index (κ1) is 25.4. The molecule has 1 aromatic rings. The Hall–Kier alpha value is -2.20. The molecule has 2 aliphatic rings. The lowest BCUT2D eigenvalue weighted by Gasteiger charge is -2.31. The highest BCUT2D eigenvalue weighted by atomic mass is 16.5. The Kier molecular flexibility index (Phi) is 10.4. The third-order valence-electron chi connectivity index (χ3n) is 6.58. The van der Waals surface area contributed by atoms with Crippen LogP contribution in [0.25, 0.3) is 0 Å². The fourth-order valence-corrected chi connectivity index (χ4v) is 4.93. The highest BCUT2D eigenvalue weighted by molar-refractivity contribution is 5.69. The number of nitrogens with zero attached hydrogens (tertiary/aromatic N) is 4. The molecule has 184 valence electrons. The summed E-state index contributed by atoms with van der Waals surface area (Å²) in [7, 11) is 0. The van der Waals surface area contributed by atoms with Gasteiger partial charge in [0.2, 0.25) is 0 Å². The highest BCUT2D eigenvalue weighted by Gasteiger charge is 2.23. The number of anilines is 1. The molecule has 3 unspecified atom stereocenters. The largest absolute Gasteiger partial charge is 0.480 e. The Morgan fingerprint density at radius 3 is 2.15 bits per heavy atom. The van der Waals surface area contributed by atoms with E-state index in [1.807, 2.05) is 12.1 Å². The van der Waals surface area contributed by atoms with E-state index < -0.39 is 5.97 Å². The first-order valence-corrected chi connectivity index (χ1v) is 12.0. The molecule has 9 nitrogen and oxygen atoms in total. The van der Waals surface area contributed by atoms with E-state index in [2.05, 4.69) is 31.7 Å². The predicted molar refractivity (Wildman–Crippen MR) is 128 cm³/mol. The number of rotatable bonds is 7. The van der Waals surface area contributed by atoms with Crippen LogP contribution in [0.1, 0.15) is 18.4 Å². The van der Waals surface area contributed by atoms with E-state index in [-0.39, 0.29) is 6.54 Å². The monoisotopic (exact) mass is 461 g/mol. The first-order valence-electron chi connectivity index (χ1n) is 12.0. The summed E-state index contributed by atoms with van der Waals surface area (Å²) in [5.74, 6) is -0.293. The molecule has 0 aliphatic carbocycles. The van der Waals surface area contributed by atoms with Crippen LogP contribution < -0.4 is 5.73 Å². The number of benzene rings is 1. The minimum absolute atomic E-state index is 0.0967. The quantitative estimate of drug-likeness (QED) is 0.448. The Balaban J connectivity index is 1.77. The van der Waals surface area contributed by atoms with Gasteiger partial charge >= 0.3 is 5.97 Å². The van der Waals surface area contributed by atoms with Crippen molar-refractivity contribution in [2.75, 3.05) is 84.5 Å². The van der Waals surface area contributed by atoms with Crippen LogP contribution in [-0.4, -0.2) is 116 Å². The van der Waals surface area contributed by atoms with Crippen molar-refractivity contribution in [3.63, 3.8) is 0 Å². The molecule has 2 fully saturated rings. The van der Waals surface area contributed by atoms with Crippen LogP contribution in [0.5, 0.6) is 0 Å². The van der Waals surface area contributed by atoms with Crippen LogP contribution in [0.15, 0.2) is 24.3 Å². The molecule has 3 atom stereocenters. The van der Waals surface area contributed by atoms with Crippen molar-refractivity contribution in [3.05, 3.63) is 29.8 Å². The maximum Gasteiger partial charge on any atom is 0.317 e. The van der Waals surface area contributed by atoms with Gasteiger partial charge in [-0.2, -0.15) is 0 Å². The lowest BCUT2D eigenvalue weighted by molar-refractivity contribution is -0.138. The second-order valence-corrected chi connectivity index (χ2v) is 9.30. The van der Waals surface area contributed by atoms with Crippen LogP contribution >= 0.6 is 0 Å². The van der Waals surface area contributed by atoms with Gasteiger partial charge in [-0.25, -0.2) is 0 Å². The second kappa shape index (κ2) is 13.5. The van der Waals surface area contributed by atoms with E-state index in [4.69, 9.17) is 10.5 Å². The Morgan fingerprint density at radius 2 is 1.55 bits per heavy atom. The normalized spacial score (nSPS) is 26.2. The number of carboxylic acid groups (broad SMARTS) is 1. The first-order chi connectivity index (χ1) is 16.0. The van der Waals surface area contributed by atoms with Gasteiger partial charge < -0.3 is 25.4 Å². The van der Waals surface area contributed by atoms with Gasteiger partial charge in [0.05, 0.1) is 6.54 Å². The van der Waals surface area contributed by atoms with Gasteiger partial charge in [0.15, 0.2) is 0 Å². The van der Waals surface area contributed by atoms with E-state index in [0.717, 1.165) is 90.4 Å². The number of carbonyl (C=O) groups excluding carboxylic acids is 1. The molecule has 0 spiro atoms. The molecule has 0 amide bonds. The predicted octanol–water partition coefficient (Wildman–Crippen LogP) is 0.658. The van der Waals surface area contributed by atoms with Gasteiger partial charge in [0.25, 0.3) is 6.47 Å². The van der Waals surface area contributed by atoms with Crippen LogP contribution in [0.4, 0.5) is 5.69 Å². The molecule has 0 aromatic heterocycles. The van der Waals surface area contributed by atoms with Gasteiger partial charge in [0, 0.05) is 58.0 Å². The number of hydrogen-bond donors (Lipinski definition) is 2. The standard InChI is InChI=1S/C24H39N5O4/c25-23-5-3-21(4-6-23)15-22-16-26-8-2-10-29(19-33-20-30)14-13-27(17-22)7-1-9-28(12-11-26)18-24(31)32/h3-6,20,22H,1-2,7-19,25H2,(H,31,32). The molecular formula is C24H39N5O4. The van der Waals surface area contributed by atoms with E-state index >= 15 is 0 Å². The van der Waals surface area contributed by atoms with E-state index in [1.54, 1.807) is 0 Å². The fraction of sp³-hybridized carbons (Fsp3) is 0.667. The van der Waals surface area contributed by atoms with Crippen molar-refractivity contribution >= 4 is 18.1 Å². The number of nitrogen functional groups attached to an aromatic ring is 1. The topological polar surface area (TPSA) is 103 Å². The van der Waals surface area contributed by atoms with Gasteiger partial charge in [0.1, 0.15) is 6.73 Å². The summed E-state index contributed by atoms with van der Waals surface area (Å²) < 4.78 is 5.05. The summed E-state index contributed by atoms with van der Waals surface area (Å²) in [4.78, 5) is 31.3. The fourth-order valence-electron chi connectivity index (χ4n) is 4.93. The zero-order valence-electron chi connectivity index (χ0n) is 19.6. The van der Waals surface area contributed by atoms with E-state index in [0.29, 0.717) is 19.1 Å². The number of aliphatic carboxylic acids is 1. The van der Waals surface area contributed by atoms with E-state index in [1.165, 1.54) is 5.56 Å². The molecule has 9 heteroatoms. The minimum Gasteiger partial charge on any atom is -0.480 e. The molecule has 2 saturated heterocycles. The van der Waals surface area contributed by atoms with Crippen molar-refractivity contribution in [1.29, 1.82) is 0 Å². The number of carboxylic acids is 1. The van der Waals surface area contributed by atoms with Crippen LogP contribution in [0, 0.1) is 5.92 Å². The second-order valence-electron chi connectivity index (χ2n) is 9.30. The van der Waals surface area contributed by atoms with Crippen molar-refractivity contribution in [2.45, 2.75) is 19.3 Å². The summed E-state index contributed by atoms with van der Waals surface area (Å²) in [5, 5.41) is 9.33. The number of ether oxygens (including phenoxy) is 1. The van der Waals surface area contributed by atoms with Gasteiger partial charge in [-0.05, 0) is 56.0 Å². The van der Waals surface area contributed by atoms with Gasteiger partial charge in [-0.1, -0.05) is 12.1 Å². The van der Waals surface area contributed by atoms with Crippen molar-refractivity contribution in [1.82, 2.24) is 19.6 Å². The van der Waals surface area contributed by atoms with Crippen LogP contribution in [-0.2, 0) is 20.7 Å². The smallest absolute Gasteiger partial charge is 0.317 e. The highest BCUT2D eigenvalue weighted by Crippen LogP contribution is 2.17. The molecule has 3 N–H and O–H groups in total. The Labute approximate surface area is 197 Å². The van der Waals surface area contributed by atoms with Crippen LogP contribution in [0.3, 0.4) is 0 Å². The Morgan fingerprint density at radius 1 is 0.939 bits per heavy atom. The molecule has 2 bridgehead atoms. The lowest BCUT2D eigenvalue weighted by Crippen LogP contribution is -2.41.